The van der Waals surface area contributed by atoms with Crippen molar-refractivity contribution in [1.29, 1.82) is 0 Å². The zero-order chi connectivity index (χ0) is 41.7. The van der Waals surface area contributed by atoms with Crippen LogP contribution in [0, 0.1) is 5.92 Å². The standard InChI is InChI=1S/C51H98O6/c1-5-8-10-12-14-16-17-18-19-20-21-22-23-24-26-30-34-38-42-49(52)55-45-48(57-51(54)44-40-36-32-25-15-13-11-9-6-2)46-56-50(53)43-39-35-31-28-27-29-33-37-41-47(4)7-3/h47-48H,5-46H2,1-4H3/t47?,48-/m1/s1. The Morgan fingerprint density at radius 3 is 0.912 bits per heavy atom. The lowest BCUT2D eigenvalue weighted by Gasteiger charge is -2.18. The van der Waals surface area contributed by atoms with Crippen LogP contribution in [-0.4, -0.2) is 37.2 Å². The van der Waals surface area contributed by atoms with Crippen LogP contribution in [0.25, 0.3) is 0 Å². The van der Waals surface area contributed by atoms with Crippen molar-refractivity contribution in [1.82, 2.24) is 0 Å². The van der Waals surface area contributed by atoms with E-state index in [0.717, 1.165) is 63.7 Å². The molecule has 0 saturated carbocycles. The van der Waals surface area contributed by atoms with Crippen LogP contribution >= 0.6 is 0 Å². The number of hydrogen-bond donors (Lipinski definition) is 0. The number of hydrogen-bond acceptors (Lipinski definition) is 6. The Balaban J connectivity index is 4.22. The number of ether oxygens (including phenoxy) is 3. The van der Waals surface area contributed by atoms with Crippen LogP contribution in [0.5, 0.6) is 0 Å². The molecule has 0 aliphatic heterocycles. The monoisotopic (exact) mass is 807 g/mol. The summed E-state index contributed by atoms with van der Waals surface area (Å²) in [6, 6.07) is 0. The second-order valence-corrected chi connectivity index (χ2v) is 17.7. The van der Waals surface area contributed by atoms with Gasteiger partial charge in [0.2, 0.25) is 0 Å². The van der Waals surface area contributed by atoms with E-state index < -0.39 is 6.10 Å². The molecule has 0 rings (SSSR count). The lowest BCUT2D eigenvalue weighted by Crippen LogP contribution is -2.30. The average Bonchev–Trinajstić information content (AvgIpc) is 3.21. The van der Waals surface area contributed by atoms with E-state index >= 15 is 0 Å². The number of carbonyl (C=O) groups is 3. The first kappa shape index (κ1) is 55.4. The fourth-order valence-electron chi connectivity index (χ4n) is 7.66. The zero-order valence-corrected chi connectivity index (χ0v) is 38.8. The molecule has 0 aromatic heterocycles. The fraction of sp³-hybridized carbons (Fsp3) is 0.941. The summed E-state index contributed by atoms with van der Waals surface area (Å²) < 4.78 is 16.8. The van der Waals surface area contributed by atoms with Crippen LogP contribution in [0.4, 0.5) is 0 Å². The third kappa shape index (κ3) is 43.8. The second kappa shape index (κ2) is 45.5. The van der Waals surface area contributed by atoms with E-state index in [1.807, 2.05) is 0 Å². The van der Waals surface area contributed by atoms with Crippen molar-refractivity contribution < 1.29 is 28.6 Å². The van der Waals surface area contributed by atoms with Crippen molar-refractivity contribution >= 4 is 17.9 Å². The van der Waals surface area contributed by atoms with Crippen LogP contribution in [-0.2, 0) is 28.6 Å². The van der Waals surface area contributed by atoms with Gasteiger partial charge in [0.15, 0.2) is 6.10 Å². The lowest BCUT2D eigenvalue weighted by molar-refractivity contribution is -0.167. The van der Waals surface area contributed by atoms with Crippen LogP contribution in [0.2, 0.25) is 0 Å². The molecule has 2 atom stereocenters. The quantitative estimate of drug-likeness (QED) is 0.0346. The highest BCUT2D eigenvalue weighted by Crippen LogP contribution is 2.17. The van der Waals surface area contributed by atoms with Gasteiger partial charge in [-0.15, -0.1) is 0 Å². The van der Waals surface area contributed by atoms with Gasteiger partial charge in [-0.2, -0.15) is 0 Å². The number of rotatable bonds is 46. The van der Waals surface area contributed by atoms with E-state index in [4.69, 9.17) is 14.2 Å². The zero-order valence-electron chi connectivity index (χ0n) is 38.8. The predicted octanol–water partition coefficient (Wildman–Crippen LogP) is 16.3. The van der Waals surface area contributed by atoms with Crippen molar-refractivity contribution in [2.75, 3.05) is 13.2 Å². The molecule has 57 heavy (non-hydrogen) atoms. The minimum atomic E-state index is -0.760. The lowest BCUT2D eigenvalue weighted by atomic mass is 9.99. The molecule has 0 amide bonds. The van der Waals surface area contributed by atoms with Gasteiger partial charge in [-0.05, 0) is 25.2 Å². The predicted molar refractivity (Wildman–Crippen MR) is 243 cm³/mol. The smallest absolute Gasteiger partial charge is 0.306 e. The Labute approximate surface area is 355 Å². The Kier molecular flexibility index (Phi) is 44.2. The highest BCUT2D eigenvalue weighted by Gasteiger charge is 2.19. The first-order valence-electron chi connectivity index (χ1n) is 25.4. The van der Waals surface area contributed by atoms with Gasteiger partial charge in [-0.25, -0.2) is 0 Å². The van der Waals surface area contributed by atoms with Gasteiger partial charge < -0.3 is 14.2 Å². The Hall–Kier alpha value is -1.59. The molecule has 338 valence electrons. The van der Waals surface area contributed by atoms with E-state index in [2.05, 4.69) is 27.7 Å². The third-order valence-corrected chi connectivity index (χ3v) is 11.9. The Morgan fingerprint density at radius 2 is 0.614 bits per heavy atom. The van der Waals surface area contributed by atoms with Crippen molar-refractivity contribution in [3.8, 4) is 0 Å². The van der Waals surface area contributed by atoms with E-state index in [-0.39, 0.29) is 31.1 Å². The highest BCUT2D eigenvalue weighted by atomic mass is 16.6. The maximum Gasteiger partial charge on any atom is 0.306 e. The number of carbonyl (C=O) groups excluding carboxylic acids is 3. The van der Waals surface area contributed by atoms with Gasteiger partial charge in [0.25, 0.3) is 0 Å². The summed E-state index contributed by atoms with van der Waals surface area (Å²) in [5, 5.41) is 0. The Bertz CT molecular complexity index is 859. The fourth-order valence-corrected chi connectivity index (χ4v) is 7.66. The third-order valence-electron chi connectivity index (χ3n) is 11.9. The molecule has 0 spiro atoms. The molecular weight excluding hydrogens is 709 g/mol. The summed E-state index contributed by atoms with van der Waals surface area (Å²) in [4.78, 5) is 37.8. The van der Waals surface area contributed by atoms with Crippen LogP contribution in [0.3, 0.4) is 0 Å². The molecule has 0 aromatic rings. The second-order valence-electron chi connectivity index (χ2n) is 17.7. The molecule has 0 saturated heterocycles. The van der Waals surface area contributed by atoms with Crippen molar-refractivity contribution in [3.63, 3.8) is 0 Å². The summed E-state index contributed by atoms with van der Waals surface area (Å²) in [6.07, 6.45) is 46.6. The molecular formula is C51H98O6. The summed E-state index contributed by atoms with van der Waals surface area (Å²) in [6.45, 7) is 9.01. The molecule has 0 aliphatic carbocycles. The largest absolute Gasteiger partial charge is 0.462 e. The van der Waals surface area contributed by atoms with Gasteiger partial charge >= 0.3 is 17.9 Å². The molecule has 6 nitrogen and oxygen atoms in total. The molecule has 0 heterocycles. The molecule has 0 radical (unpaired) electrons. The summed E-state index contributed by atoms with van der Waals surface area (Å²) in [7, 11) is 0. The molecule has 0 aromatic carbocycles. The van der Waals surface area contributed by atoms with Crippen molar-refractivity contribution in [2.45, 2.75) is 291 Å². The SMILES string of the molecule is CCCCCCCCCCCCCCCCCCCCC(=O)OC[C@H](COC(=O)CCCCCCCCCCC(C)CC)OC(=O)CCCCCCCCCCC. The summed E-state index contributed by atoms with van der Waals surface area (Å²) in [5.74, 6) is -0.00301. The molecule has 0 aliphatic rings. The molecule has 1 unspecified atom stereocenters. The topological polar surface area (TPSA) is 78.9 Å². The van der Waals surface area contributed by atoms with E-state index in [0.29, 0.717) is 19.3 Å². The number of esters is 3. The summed E-state index contributed by atoms with van der Waals surface area (Å²) >= 11 is 0. The van der Waals surface area contributed by atoms with Gasteiger partial charge in [-0.3, -0.25) is 14.4 Å². The first-order valence-corrected chi connectivity index (χ1v) is 25.4. The van der Waals surface area contributed by atoms with E-state index in [1.54, 1.807) is 0 Å². The van der Waals surface area contributed by atoms with Crippen LogP contribution in [0.15, 0.2) is 0 Å². The minimum absolute atomic E-state index is 0.0635. The van der Waals surface area contributed by atoms with Gasteiger partial charge in [0.1, 0.15) is 13.2 Å². The maximum absolute atomic E-state index is 12.7. The number of unbranched alkanes of at least 4 members (excludes halogenated alkanes) is 32. The molecule has 0 fully saturated rings. The molecule has 6 heteroatoms. The van der Waals surface area contributed by atoms with Crippen molar-refractivity contribution in [3.05, 3.63) is 0 Å². The normalized spacial score (nSPS) is 12.4. The highest BCUT2D eigenvalue weighted by molar-refractivity contribution is 5.71. The molecule has 0 bridgehead atoms. The van der Waals surface area contributed by atoms with E-state index in [9.17, 15) is 14.4 Å². The van der Waals surface area contributed by atoms with Gasteiger partial charge in [0, 0.05) is 19.3 Å². The minimum Gasteiger partial charge on any atom is -0.462 e. The van der Waals surface area contributed by atoms with E-state index in [1.165, 1.54) is 180 Å². The van der Waals surface area contributed by atoms with Gasteiger partial charge in [-0.1, -0.05) is 246 Å². The van der Waals surface area contributed by atoms with Crippen molar-refractivity contribution in [2.24, 2.45) is 5.92 Å². The van der Waals surface area contributed by atoms with Crippen LogP contribution < -0.4 is 0 Å². The average molecular weight is 807 g/mol. The molecule has 0 N–H and O–H groups in total. The summed E-state index contributed by atoms with van der Waals surface area (Å²) in [5.41, 5.74) is 0. The first-order chi connectivity index (χ1) is 27.9. The Morgan fingerprint density at radius 1 is 0.351 bits per heavy atom. The van der Waals surface area contributed by atoms with Crippen LogP contribution in [0.1, 0.15) is 285 Å². The van der Waals surface area contributed by atoms with Gasteiger partial charge in [0.05, 0.1) is 0 Å². The maximum atomic E-state index is 12.7.